The zero-order valence-electron chi connectivity index (χ0n) is 9.74. The smallest absolute Gasteiger partial charge is 0.319 e. The number of carbonyl (C=O) groups excluding carboxylic acids is 1. The fourth-order valence-electron chi connectivity index (χ4n) is 2.70. The molecule has 2 fully saturated rings. The first kappa shape index (κ1) is 11.4. The van der Waals surface area contributed by atoms with Crippen LogP contribution in [0.4, 0.5) is 0 Å². The zero-order chi connectivity index (χ0) is 11.8. The summed E-state index contributed by atoms with van der Waals surface area (Å²) in [6.45, 7) is 2.58. The minimum atomic E-state index is -1.06. The molecule has 0 bridgehead atoms. The number of nitrogens with zero attached hydrogens (tertiary/aromatic N) is 1. The van der Waals surface area contributed by atoms with Gasteiger partial charge in [0.15, 0.2) is 0 Å². The number of carbonyl (C=O) groups is 2. The predicted octanol–water partition coefficient (Wildman–Crippen LogP) is 1.64. The number of hydrogen-bond acceptors (Lipinski definition) is 2. The molecule has 2 aliphatic carbocycles. The first-order chi connectivity index (χ1) is 7.62. The number of amides is 1. The summed E-state index contributed by atoms with van der Waals surface area (Å²) in [5.74, 6) is -1.08. The lowest BCUT2D eigenvalue weighted by molar-refractivity contribution is -0.154. The van der Waals surface area contributed by atoms with Gasteiger partial charge in [0, 0.05) is 12.6 Å². The molecular formula is C12H19NO3. The zero-order valence-corrected chi connectivity index (χ0v) is 9.74. The summed E-state index contributed by atoms with van der Waals surface area (Å²) in [6.07, 6.45) is 5.43. The molecule has 0 radical (unpaired) electrons. The highest BCUT2D eigenvalue weighted by molar-refractivity contribution is 6.04. The van der Waals surface area contributed by atoms with Gasteiger partial charge >= 0.3 is 5.97 Å². The second kappa shape index (κ2) is 4.07. The SMILES string of the molecule is CCN(C(=O)C1(C(=O)O)CC1)C1CCCC1. The van der Waals surface area contributed by atoms with E-state index >= 15 is 0 Å². The Kier molecular flexibility index (Phi) is 2.91. The summed E-state index contributed by atoms with van der Waals surface area (Å²) in [6, 6.07) is 0.286. The fourth-order valence-corrected chi connectivity index (χ4v) is 2.70. The van der Waals surface area contributed by atoms with E-state index in [0.29, 0.717) is 19.4 Å². The third-order valence-corrected chi connectivity index (χ3v) is 3.94. The molecule has 0 aromatic rings. The van der Waals surface area contributed by atoms with Gasteiger partial charge in [-0.3, -0.25) is 9.59 Å². The quantitative estimate of drug-likeness (QED) is 0.740. The summed E-state index contributed by atoms with van der Waals surface area (Å²) in [7, 11) is 0. The maximum absolute atomic E-state index is 12.2. The van der Waals surface area contributed by atoms with E-state index in [-0.39, 0.29) is 11.9 Å². The normalized spacial score (nSPS) is 23.1. The van der Waals surface area contributed by atoms with Crippen LogP contribution in [0.2, 0.25) is 0 Å². The van der Waals surface area contributed by atoms with E-state index in [0.717, 1.165) is 25.7 Å². The number of aliphatic carboxylic acids is 1. The molecule has 2 aliphatic rings. The van der Waals surface area contributed by atoms with Gasteiger partial charge in [-0.05, 0) is 32.6 Å². The first-order valence-corrected chi connectivity index (χ1v) is 6.16. The van der Waals surface area contributed by atoms with Gasteiger partial charge in [0.2, 0.25) is 5.91 Å². The number of rotatable bonds is 4. The van der Waals surface area contributed by atoms with Crippen LogP contribution in [0.25, 0.3) is 0 Å². The van der Waals surface area contributed by atoms with Crippen LogP contribution in [0.5, 0.6) is 0 Å². The molecule has 0 aliphatic heterocycles. The second-order valence-corrected chi connectivity index (χ2v) is 4.92. The van der Waals surface area contributed by atoms with Crippen LogP contribution < -0.4 is 0 Å². The van der Waals surface area contributed by atoms with Crippen molar-refractivity contribution in [2.45, 2.75) is 51.5 Å². The van der Waals surface area contributed by atoms with Gasteiger partial charge in [-0.2, -0.15) is 0 Å². The minimum absolute atomic E-state index is 0.144. The van der Waals surface area contributed by atoms with E-state index in [4.69, 9.17) is 5.11 Å². The van der Waals surface area contributed by atoms with Crippen LogP contribution >= 0.6 is 0 Å². The lowest BCUT2D eigenvalue weighted by Crippen LogP contribution is -2.45. The highest BCUT2D eigenvalue weighted by Crippen LogP contribution is 2.48. The third-order valence-electron chi connectivity index (χ3n) is 3.94. The van der Waals surface area contributed by atoms with Gasteiger partial charge in [-0.15, -0.1) is 0 Å². The van der Waals surface area contributed by atoms with Crippen LogP contribution in [0, 0.1) is 5.41 Å². The fraction of sp³-hybridized carbons (Fsp3) is 0.833. The molecule has 16 heavy (non-hydrogen) atoms. The highest BCUT2D eigenvalue weighted by atomic mass is 16.4. The Morgan fingerprint density at radius 1 is 1.31 bits per heavy atom. The Morgan fingerprint density at radius 3 is 2.25 bits per heavy atom. The van der Waals surface area contributed by atoms with E-state index in [1.165, 1.54) is 0 Å². The number of hydrogen-bond donors (Lipinski definition) is 1. The molecule has 2 rings (SSSR count). The molecule has 2 saturated carbocycles. The molecule has 0 aromatic carbocycles. The van der Waals surface area contributed by atoms with Crippen LogP contribution in [0.1, 0.15) is 45.4 Å². The van der Waals surface area contributed by atoms with E-state index in [2.05, 4.69) is 0 Å². The van der Waals surface area contributed by atoms with Crippen LogP contribution in [0.3, 0.4) is 0 Å². The average Bonchev–Trinajstić information content (AvgIpc) is 2.92. The number of carboxylic acids is 1. The molecule has 0 saturated heterocycles. The highest BCUT2D eigenvalue weighted by Gasteiger charge is 2.59. The van der Waals surface area contributed by atoms with Gasteiger partial charge < -0.3 is 10.0 Å². The monoisotopic (exact) mass is 225 g/mol. The van der Waals surface area contributed by atoms with E-state index in [1.54, 1.807) is 4.90 Å². The molecule has 0 spiro atoms. The molecule has 1 amide bonds. The van der Waals surface area contributed by atoms with Gasteiger partial charge in [-0.25, -0.2) is 0 Å². The Bertz CT molecular complexity index is 303. The Labute approximate surface area is 95.6 Å². The van der Waals surface area contributed by atoms with Crippen LogP contribution in [-0.4, -0.2) is 34.5 Å². The Balaban J connectivity index is 2.09. The summed E-state index contributed by atoms with van der Waals surface area (Å²) in [5.41, 5.74) is -1.06. The third kappa shape index (κ3) is 1.70. The molecule has 0 unspecified atom stereocenters. The largest absolute Gasteiger partial charge is 0.480 e. The van der Waals surface area contributed by atoms with E-state index in [9.17, 15) is 9.59 Å². The van der Waals surface area contributed by atoms with Crippen molar-refractivity contribution >= 4 is 11.9 Å². The summed E-state index contributed by atoms with van der Waals surface area (Å²) < 4.78 is 0. The van der Waals surface area contributed by atoms with Crippen molar-refractivity contribution in [3.63, 3.8) is 0 Å². The van der Waals surface area contributed by atoms with Crippen molar-refractivity contribution in [1.82, 2.24) is 4.90 Å². The Hall–Kier alpha value is -1.06. The first-order valence-electron chi connectivity index (χ1n) is 6.16. The molecule has 0 atom stereocenters. The van der Waals surface area contributed by atoms with E-state index < -0.39 is 11.4 Å². The molecule has 0 heterocycles. The van der Waals surface area contributed by atoms with Crippen molar-refractivity contribution in [2.75, 3.05) is 6.54 Å². The van der Waals surface area contributed by atoms with Crippen LogP contribution in [-0.2, 0) is 9.59 Å². The topological polar surface area (TPSA) is 57.6 Å². The lowest BCUT2D eigenvalue weighted by atomic mass is 10.0. The van der Waals surface area contributed by atoms with Crippen molar-refractivity contribution in [1.29, 1.82) is 0 Å². The summed E-state index contributed by atoms with van der Waals surface area (Å²) in [5, 5.41) is 9.11. The second-order valence-electron chi connectivity index (χ2n) is 4.92. The molecule has 4 heteroatoms. The van der Waals surface area contributed by atoms with Crippen molar-refractivity contribution in [3.05, 3.63) is 0 Å². The molecule has 90 valence electrons. The standard InChI is InChI=1S/C12H19NO3/c1-2-13(9-5-3-4-6-9)10(14)12(7-8-12)11(15)16/h9H,2-8H2,1H3,(H,15,16). The van der Waals surface area contributed by atoms with Gasteiger partial charge in [0.1, 0.15) is 5.41 Å². The molecular weight excluding hydrogens is 206 g/mol. The van der Waals surface area contributed by atoms with Gasteiger partial charge in [0.25, 0.3) is 0 Å². The maximum atomic E-state index is 12.2. The van der Waals surface area contributed by atoms with Gasteiger partial charge in [0.05, 0.1) is 0 Å². The molecule has 0 aromatic heterocycles. The molecule has 4 nitrogen and oxygen atoms in total. The number of carboxylic acid groups (broad SMARTS) is 1. The van der Waals surface area contributed by atoms with Crippen molar-refractivity contribution in [3.8, 4) is 0 Å². The lowest BCUT2D eigenvalue weighted by Gasteiger charge is -2.30. The predicted molar refractivity (Wildman–Crippen MR) is 58.9 cm³/mol. The molecule has 1 N–H and O–H groups in total. The van der Waals surface area contributed by atoms with E-state index in [1.807, 2.05) is 6.92 Å². The maximum Gasteiger partial charge on any atom is 0.319 e. The Morgan fingerprint density at radius 2 is 1.88 bits per heavy atom. The summed E-state index contributed by atoms with van der Waals surface area (Å²) in [4.78, 5) is 25.1. The van der Waals surface area contributed by atoms with Gasteiger partial charge in [-0.1, -0.05) is 12.8 Å². The van der Waals surface area contributed by atoms with Crippen molar-refractivity contribution < 1.29 is 14.7 Å². The van der Waals surface area contributed by atoms with Crippen molar-refractivity contribution in [2.24, 2.45) is 5.41 Å². The van der Waals surface area contributed by atoms with Crippen LogP contribution in [0.15, 0.2) is 0 Å². The minimum Gasteiger partial charge on any atom is -0.480 e. The average molecular weight is 225 g/mol. The summed E-state index contributed by atoms with van der Waals surface area (Å²) >= 11 is 0.